The summed E-state index contributed by atoms with van der Waals surface area (Å²) in [6.45, 7) is 5.05. The van der Waals surface area contributed by atoms with Gasteiger partial charge < -0.3 is 5.32 Å². The van der Waals surface area contributed by atoms with Gasteiger partial charge in [-0.1, -0.05) is 13.8 Å². The third-order valence-electron chi connectivity index (χ3n) is 3.36. The van der Waals surface area contributed by atoms with Crippen LogP contribution in [0.25, 0.3) is 0 Å². The molecule has 0 aromatic carbocycles. The molecular formula is C17H23N3OS. The molecule has 0 aliphatic rings. The van der Waals surface area contributed by atoms with Crippen LogP contribution in [-0.2, 0) is 24.1 Å². The van der Waals surface area contributed by atoms with E-state index in [4.69, 9.17) is 0 Å². The number of rotatable bonds is 8. The summed E-state index contributed by atoms with van der Waals surface area (Å²) in [5.41, 5.74) is 2.13. The third kappa shape index (κ3) is 5.93. The average Bonchev–Trinajstić information content (AvgIpc) is 2.93. The highest BCUT2D eigenvalue weighted by Crippen LogP contribution is 2.13. The van der Waals surface area contributed by atoms with Crippen LogP contribution in [0, 0.1) is 5.92 Å². The number of nitrogens with one attached hydrogen (secondary N) is 1. The van der Waals surface area contributed by atoms with Gasteiger partial charge in [-0.25, -0.2) is 4.98 Å². The normalized spacial score (nSPS) is 10.9. The highest BCUT2D eigenvalue weighted by atomic mass is 32.1. The average molecular weight is 317 g/mol. The molecule has 2 rings (SSSR count). The van der Waals surface area contributed by atoms with Crippen LogP contribution in [0.5, 0.6) is 0 Å². The summed E-state index contributed by atoms with van der Waals surface area (Å²) >= 11 is 1.63. The molecule has 118 valence electrons. The zero-order chi connectivity index (χ0) is 15.8. The van der Waals surface area contributed by atoms with Crippen LogP contribution < -0.4 is 5.32 Å². The lowest BCUT2D eigenvalue weighted by Crippen LogP contribution is -2.26. The largest absolute Gasteiger partial charge is 0.356 e. The van der Waals surface area contributed by atoms with Crippen LogP contribution in [0.15, 0.2) is 29.9 Å². The van der Waals surface area contributed by atoms with Gasteiger partial charge in [0.2, 0.25) is 5.91 Å². The number of pyridine rings is 1. The van der Waals surface area contributed by atoms with Crippen LogP contribution >= 0.6 is 11.3 Å². The fraction of sp³-hybridized carbons (Fsp3) is 0.471. The highest BCUT2D eigenvalue weighted by Gasteiger charge is 2.08. The predicted molar refractivity (Wildman–Crippen MR) is 89.9 cm³/mol. The van der Waals surface area contributed by atoms with Gasteiger partial charge in [0.15, 0.2) is 0 Å². The predicted octanol–water partition coefficient (Wildman–Crippen LogP) is 3.03. The lowest BCUT2D eigenvalue weighted by molar-refractivity contribution is -0.120. The number of thiazole rings is 1. The molecule has 5 heteroatoms. The molecule has 0 aliphatic carbocycles. The third-order valence-corrected chi connectivity index (χ3v) is 4.32. The van der Waals surface area contributed by atoms with Crippen LogP contribution in [0.2, 0.25) is 0 Å². The van der Waals surface area contributed by atoms with Crippen molar-refractivity contribution in [1.82, 2.24) is 15.3 Å². The van der Waals surface area contributed by atoms with E-state index >= 15 is 0 Å². The maximum atomic E-state index is 11.8. The first kappa shape index (κ1) is 16.6. The second-order valence-electron chi connectivity index (χ2n) is 5.80. The van der Waals surface area contributed by atoms with Crippen LogP contribution in [0.4, 0.5) is 0 Å². The lowest BCUT2D eigenvalue weighted by atomic mass is 10.1. The zero-order valence-corrected chi connectivity index (χ0v) is 14.0. The number of hydrogen-bond donors (Lipinski definition) is 1. The van der Waals surface area contributed by atoms with Crippen molar-refractivity contribution in [2.75, 3.05) is 6.54 Å². The second kappa shape index (κ2) is 8.63. The van der Waals surface area contributed by atoms with Gasteiger partial charge in [0, 0.05) is 30.7 Å². The molecule has 0 atom stereocenters. The van der Waals surface area contributed by atoms with Crippen molar-refractivity contribution >= 4 is 17.2 Å². The fourth-order valence-electron chi connectivity index (χ4n) is 2.07. The molecule has 2 heterocycles. The first-order valence-corrected chi connectivity index (χ1v) is 8.60. The maximum absolute atomic E-state index is 11.8. The molecule has 0 radical (unpaired) electrons. The van der Waals surface area contributed by atoms with E-state index in [9.17, 15) is 4.79 Å². The van der Waals surface area contributed by atoms with E-state index in [1.165, 1.54) is 5.56 Å². The Balaban J connectivity index is 1.75. The van der Waals surface area contributed by atoms with Gasteiger partial charge in [-0.2, -0.15) is 0 Å². The monoisotopic (exact) mass is 317 g/mol. The van der Waals surface area contributed by atoms with Crippen molar-refractivity contribution in [2.45, 2.75) is 39.5 Å². The molecule has 4 nitrogen and oxygen atoms in total. The van der Waals surface area contributed by atoms with E-state index in [0.29, 0.717) is 12.3 Å². The number of amides is 1. The molecular weight excluding hydrogens is 294 g/mol. The quantitative estimate of drug-likeness (QED) is 0.814. The van der Waals surface area contributed by atoms with Crippen molar-refractivity contribution in [1.29, 1.82) is 0 Å². The van der Waals surface area contributed by atoms with Crippen LogP contribution in [-0.4, -0.2) is 22.4 Å². The van der Waals surface area contributed by atoms with Crippen molar-refractivity contribution in [3.63, 3.8) is 0 Å². The summed E-state index contributed by atoms with van der Waals surface area (Å²) in [5.74, 6) is 0.672. The van der Waals surface area contributed by atoms with Gasteiger partial charge in [-0.15, -0.1) is 11.3 Å². The molecule has 0 saturated heterocycles. The van der Waals surface area contributed by atoms with Crippen molar-refractivity contribution in [3.05, 3.63) is 46.2 Å². The van der Waals surface area contributed by atoms with Crippen LogP contribution in [0.3, 0.4) is 0 Å². The number of nitrogens with zero attached hydrogens (tertiary/aromatic N) is 2. The first-order valence-electron chi connectivity index (χ1n) is 7.72. The summed E-state index contributed by atoms with van der Waals surface area (Å²) in [6.07, 6.45) is 6.87. The van der Waals surface area contributed by atoms with Gasteiger partial charge in [-0.3, -0.25) is 9.78 Å². The van der Waals surface area contributed by atoms with Crippen molar-refractivity contribution < 1.29 is 4.79 Å². The number of hydrogen-bond acceptors (Lipinski definition) is 4. The van der Waals surface area contributed by atoms with E-state index in [1.54, 1.807) is 11.3 Å². The Kier molecular flexibility index (Phi) is 6.52. The van der Waals surface area contributed by atoms with E-state index in [-0.39, 0.29) is 5.91 Å². The SMILES string of the molecule is CC(C)CCNC(=O)Cc1csc(CCc2ccncc2)n1. The van der Waals surface area contributed by atoms with Crippen LogP contribution in [0.1, 0.15) is 36.5 Å². The number of carbonyl (C=O) groups is 1. The minimum Gasteiger partial charge on any atom is -0.356 e. The van der Waals surface area contributed by atoms with E-state index in [1.807, 2.05) is 29.9 Å². The van der Waals surface area contributed by atoms with E-state index in [0.717, 1.165) is 36.5 Å². The summed E-state index contributed by atoms with van der Waals surface area (Å²) in [5, 5.41) is 6.02. The smallest absolute Gasteiger partial charge is 0.226 e. The standard InChI is InChI=1S/C17H23N3OS/c1-13(2)5-10-19-16(21)11-15-12-22-17(20-15)4-3-14-6-8-18-9-7-14/h6-9,12-13H,3-5,10-11H2,1-2H3,(H,19,21). The number of aryl methyl sites for hydroxylation is 2. The molecule has 1 N–H and O–H groups in total. The molecule has 0 unspecified atom stereocenters. The fourth-order valence-corrected chi connectivity index (χ4v) is 2.87. The number of aromatic nitrogens is 2. The summed E-state index contributed by atoms with van der Waals surface area (Å²) in [7, 11) is 0. The van der Waals surface area contributed by atoms with Gasteiger partial charge in [0.05, 0.1) is 17.1 Å². The summed E-state index contributed by atoms with van der Waals surface area (Å²) in [6, 6.07) is 4.05. The molecule has 2 aromatic rings. The Morgan fingerprint density at radius 3 is 2.77 bits per heavy atom. The molecule has 2 aromatic heterocycles. The minimum absolute atomic E-state index is 0.0617. The minimum atomic E-state index is 0.0617. The van der Waals surface area contributed by atoms with Gasteiger partial charge in [-0.05, 0) is 36.5 Å². The molecule has 0 saturated carbocycles. The highest BCUT2D eigenvalue weighted by molar-refractivity contribution is 7.09. The van der Waals surface area contributed by atoms with Gasteiger partial charge in [0.25, 0.3) is 0 Å². The summed E-state index contributed by atoms with van der Waals surface area (Å²) < 4.78 is 0. The Hall–Kier alpha value is -1.75. The van der Waals surface area contributed by atoms with Gasteiger partial charge in [0.1, 0.15) is 0 Å². The molecule has 0 spiro atoms. The molecule has 1 amide bonds. The molecule has 22 heavy (non-hydrogen) atoms. The maximum Gasteiger partial charge on any atom is 0.226 e. The first-order chi connectivity index (χ1) is 10.6. The van der Waals surface area contributed by atoms with E-state index < -0.39 is 0 Å². The molecule has 0 fully saturated rings. The van der Waals surface area contributed by atoms with Gasteiger partial charge >= 0.3 is 0 Å². The molecule has 0 aliphatic heterocycles. The zero-order valence-electron chi connectivity index (χ0n) is 13.2. The van der Waals surface area contributed by atoms with E-state index in [2.05, 4.69) is 29.1 Å². The summed E-state index contributed by atoms with van der Waals surface area (Å²) in [4.78, 5) is 20.4. The topological polar surface area (TPSA) is 54.9 Å². The van der Waals surface area contributed by atoms with Crippen molar-refractivity contribution in [2.24, 2.45) is 5.92 Å². The number of carbonyl (C=O) groups excluding carboxylic acids is 1. The Morgan fingerprint density at radius 2 is 2.05 bits per heavy atom. The Morgan fingerprint density at radius 1 is 1.27 bits per heavy atom. The second-order valence-corrected chi connectivity index (χ2v) is 6.74. The molecule has 0 bridgehead atoms. The Bertz CT molecular complexity index is 581. The van der Waals surface area contributed by atoms with Crippen molar-refractivity contribution in [3.8, 4) is 0 Å². The lowest BCUT2D eigenvalue weighted by Gasteiger charge is -2.06. The Labute approximate surface area is 136 Å².